The maximum atomic E-state index is 15.8. The Morgan fingerprint density at radius 2 is 0.948 bits per heavy atom. The van der Waals surface area contributed by atoms with Crippen LogP contribution in [0.25, 0.3) is 21.8 Å². The lowest BCUT2D eigenvalue weighted by Gasteiger charge is -2.36. The number of aromatic nitrogens is 4. The van der Waals surface area contributed by atoms with Crippen molar-refractivity contribution < 1.29 is 111 Å². The summed E-state index contributed by atoms with van der Waals surface area (Å²) in [4.78, 5) is 306. The number of unbranched alkanes of at least 4 members (excludes halogenated alkanes) is 2. The van der Waals surface area contributed by atoms with Gasteiger partial charge in [-0.1, -0.05) is 88.1 Å². The Kier molecular flexibility index (Phi) is 38.1. The van der Waals surface area contributed by atoms with Crippen LogP contribution in [0.3, 0.4) is 0 Å². The number of hydrogen-bond acceptors (Lipinski definition) is 23. The average molecular weight is 1900 g/mol. The summed E-state index contributed by atoms with van der Waals surface area (Å²) in [7, 11) is 3.71. The van der Waals surface area contributed by atoms with Gasteiger partial charge in [0.05, 0.1) is 43.6 Å². The number of carbonyl (C=O) groups excluding carboxylic acids is 18. The molecule has 0 saturated carbocycles. The Balaban J connectivity index is 1.11. The largest absolute Gasteiger partial charge is 0.508 e. The summed E-state index contributed by atoms with van der Waals surface area (Å²) >= 11 is 0.689. The predicted octanol–water partition coefficient (Wildman–Crippen LogP) is -2.99. The molecule has 18 amide bonds. The number of nitrogens with zero attached hydrogens (tertiary/aromatic N) is 6. The van der Waals surface area contributed by atoms with E-state index in [2.05, 4.69) is 73.1 Å². The van der Waals surface area contributed by atoms with Gasteiger partial charge in [-0.2, -0.15) is 0 Å². The highest BCUT2D eigenvalue weighted by Gasteiger charge is 2.46. The van der Waals surface area contributed by atoms with Crippen LogP contribution in [0.2, 0.25) is 0 Å². The standard InChI is InChI=1S/C89H118N22O23S/c1-7-9-21-66-82(127)99-57(29-30-74(117)118)78(123)106-65(77(122)96-43-72(92)115)44-135-45-73(116)98-61(33-48-25-27-52(112)28-26-48)85(130)107(4)47(3)76(121)103-63(37-70(90)113)87(132)110-31-16-24-68(110)84(129)102-59(36-51-42-93-46-97-51)80(125)105-64(38-71(91)114)88(133)111-32-15-23-67(111)83(128)101-58(34-49-40-94-55-19-13-11-17-53(49)55)79(124)100-60(39-75(119)120)81(126)104-62(35-50-41-95-56-20-14-12-18-54(50)56)86(131)109(6)69(22-10-8-2)89(134)108(66)5/h11-14,17-20,25-28,40-42,46-47,57-69,94-95,112H,7-10,15-16,21-24,29-39,43-45H2,1-6H3,(H2,90,113)(H2,91,114)(H2,92,115)(H,93,97)(H,96,122)(H,98,116)(H,99,127)(H,100,124)(H,101,128)(H,102,129)(H,103,121)(H,104,126)(H,105,125)(H,106,123)(H,117,118)(H,119,120)/t47-,57-,58-,59-,60-,61-,62-,63-,64-,65?,66-,67?,68-,69-/m0/s1. The Bertz CT molecular complexity index is 5340. The van der Waals surface area contributed by atoms with Crippen LogP contribution in [0.15, 0.2) is 97.7 Å². The van der Waals surface area contributed by atoms with E-state index < -0.39 is 259 Å². The van der Waals surface area contributed by atoms with Crippen molar-refractivity contribution >= 4 is 152 Å². The third-order valence-electron chi connectivity index (χ3n) is 23.8. The van der Waals surface area contributed by atoms with Gasteiger partial charge in [0.2, 0.25) is 106 Å². The number of imidazole rings is 1. The zero-order chi connectivity index (χ0) is 98.6. The van der Waals surface area contributed by atoms with Crippen molar-refractivity contribution in [3.63, 3.8) is 0 Å². The fourth-order valence-corrected chi connectivity index (χ4v) is 17.3. The van der Waals surface area contributed by atoms with Gasteiger partial charge in [0.1, 0.15) is 90.3 Å². The van der Waals surface area contributed by atoms with Crippen LogP contribution < -0.4 is 70.4 Å². The first-order valence-corrected chi connectivity index (χ1v) is 45.5. The maximum Gasteiger partial charge on any atom is 0.305 e. The van der Waals surface area contributed by atoms with Gasteiger partial charge in [0.25, 0.3) is 0 Å². The minimum absolute atomic E-state index is 0.0768. The number of phenols is 1. The molecule has 9 rings (SSSR count). The van der Waals surface area contributed by atoms with Gasteiger partial charge in [-0.15, -0.1) is 11.8 Å². The molecule has 3 aromatic heterocycles. The molecule has 0 spiro atoms. The summed E-state index contributed by atoms with van der Waals surface area (Å²) in [6.45, 7) is 3.65. The number of H-pyrrole nitrogens is 3. The molecule has 0 aliphatic carbocycles. The molecule has 45 nitrogen and oxygen atoms in total. The number of amides is 18. The smallest absolute Gasteiger partial charge is 0.305 e. The van der Waals surface area contributed by atoms with Crippen molar-refractivity contribution in [1.29, 1.82) is 0 Å². The molecular weight excluding hydrogens is 1780 g/mol. The monoisotopic (exact) mass is 1890 g/mol. The molecule has 3 saturated heterocycles. The quantitative estimate of drug-likeness (QED) is 0.0258. The molecule has 14 atom stereocenters. The minimum Gasteiger partial charge on any atom is -0.508 e. The second-order valence-electron chi connectivity index (χ2n) is 33.7. The number of aromatic amines is 3. The van der Waals surface area contributed by atoms with Crippen molar-refractivity contribution in [2.45, 2.75) is 227 Å². The molecule has 0 radical (unpaired) electrons. The van der Waals surface area contributed by atoms with Gasteiger partial charge in [-0.3, -0.25) is 95.9 Å². The highest BCUT2D eigenvalue weighted by atomic mass is 32.2. The van der Waals surface area contributed by atoms with Crippen LogP contribution in [0.1, 0.15) is 139 Å². The van der Waals surface area contributed by atoms with E-state index in [0.717, 1.165) is 24.5 Å². The zero-order valence-corrected chi connectivity index (χ0v) is 76.4. The number of aromatic hydroxyl groups is 1. The van der Waals surface area contributed by atoms with E-state index in [4.69, 9.17) is 17.2 Å². The number of rotatable bonds is 26. The van der Waals surface area contributed by atoms with Gasteiger partial charge in [-0.25, -0.2) is 4.98 Å². The number of thioether (sulfide) groups is 1. The summed E-state index contributed by atoms with van der Waals surface area (Å²) in [5, 5.41) is 57.3. The molecule has 22 N–H and O–H groups in total. The minimum atomic E-state index is -2.07. The van der Waals surface area contributed by atoms with Crippen LogP contribution in [0, 0.1) is 0 Å². The molecule has 135 heavy (non-hydrogen) atoms. The molecule has 0 bridgehead atoms. The van der Waals surface area contributed by atoms with Gasteiger partial charge in [-0.05, 0) is 92.8 Å². The van der Waals surface area contributed by atoms with E-state index in [9.17, 15) is 77.6 Å². The van der Waals surface area contributed by atoms with Crippen LogP contribution in [-0.4, -0.2) is 315 Å². The summed E-state index contributed by atoms with van der Waals surface area (Å²) < 4.78 is 0. The van der Waals surface area contributed by atoms with Crippen LogP contribution in [-0.2, 0) is 122 Å². The first-order chi connectivity index (χ1) is 64.2. The maximum absolute atomic E-state index is 15.8. The Labute approximate surface area is 779 Å². The normalized spacial score (nSPS) is 24.1. The number of nitrogens with two attached hydrogens (primary N) is 3. The highest BCUT2D eigenvalue weighted by molar-refractivity contribution is 8.00. The van der Waals surface area contributed by atoms with Crippen molar-refractivity contribution in [1.82, 2.24) is 97.6 Å². The molecule has 3 aliphatic heterocycles. The molecule has 6 heterocycles. The number of nitrogens with one attached hydrogen (secondary N) is 13. The number of carboxylic acid groups (broad SMARTS) is 2. The summed E-state index contributed by atoms with van der Waals surface area (Å²) in [6.07, 6.45) is 1.15. The van der Waals surface area contributed by atoms with Crippen LogP contribution in [0.4, 0.5) is 0 Å². The lowest BCUT2D eigenvalue weighted by molar-refractivity contribution is -0.149. The van der Waals surface area contributed by atoms with Crippen LogP contribution >= 0.6 is 11.8 Å². The zero-order valence-electron chi connectivity index (χ0n) is 75.6. The second-order valence-corrected chi connectivity index (χ2v) is 34.7. The van der Waals surface area contributed by atoms with E-state index in [1.54, 1.807) is 74.8 Å². The number of fused-ring (bicyclic) bond motifs is 4. The predicted molar refractivity (Wildman–Crippen MR) is 486 cm³/mol. The Morgan fingerprint density at radius 3 is 1.47 bits per heavy atom. The average Bonchev–Trinajstić information content (AvgIpc) is 1.69. The summed E-state index contributed by atoms with van der Waals surface area (Å²) in [5.74, 6) is -23.2. The fraction of sp³-hybridized carbons (Fsp3) is 0.494. The van der Waals surface area contributed by atoms with Crippen molar-refractivity contribution in [3.05, 3.63) is 120 Å². The third kappa shape index (κ3) is 29.0. The number of phenolic OH excluding ortho intramolecular Hbond substituents is 1. The first kappa shape index (κ1) is 104. The fourth-order valence-electron chi connectivity index (χ4n) is 16.4. The van der Waals surface area contributed by atoms with E-state index in [1.807, 2.05) is 0 Å². The van der Waals surface area contributed by atoms with Crippen molar-refractivity contribution in [2.24, 2.45) is 17.2 Å². The van der Waals surface area contributed by atoms with E-state index in [1.165, 1.54) is 64.9 Å². The number of para-hydroxylation sites is 2. The highest BCUT2D eigenvalue weighted by Crippen LogP contribution is 2.28. The van der Waals surface area contributed by atoms with Gasteiger partial charge >= 0.3 is 11.9 Å². The van der Waals surface area contributed by atoms with E-state index in [0.29, 0.717) is 63.1 Å². The molecule has 3 aromatic carbocycles. The lowest BCUT2D eigenvalue weighted by Crippen LogP contribution is -2.61. The van der Waals surface area contributed by atoms with E-state index >= 15 is 33.6 Å². The van der Waals surface area contributed by atoms with Gasteiger partial charge < -0.3 is 125 Å². The topological polar surface area (TPSA) is 677 Å². The Morgan fingerprint density at radius 1 is 0.474 bits per heavy atom. The van der Waals surface area contributed by atoms with Crippen molar-refractivity contribution in [3.8, 4) is 5.75 Å². The molecule has 6 aromatic rings. The third-order valence-corrected chi connectivity index (χ3v) is 24.9. The SMILES string of the molecule is CCCC[C@H]1C(=O)N(C)[C@@H](CCCC)C(=O)N[C@@H](CCC(=O)O)C(=O)NC(C(=O)NCC(N)=O)CSCC(=O)N[C@@H](Cc2ccc(O)cc2)C(=O)N(C)[C@@H](C)C(=O)N[C@@H](CC(N)=O)C(=O)N2CCC[C@H]2C(=O)N[C@@H](Cc2c[nH]cn2)C(=O)N[C@@H](CC(N)=O)C(=O)N2CCCC2C(=O)N[C@@H](Cc2c[nH]c3ccccc23)C(=O)N[C@@H](CC(=O)O)C(=O)N[C@@H](Cc2c[nH]c3ccccc23)C(=O)N1C. The number of carboxylic acids is 2. The number of aliphatic carboxylic acids is 2. The molecule has 728 valence electrons. The molecule has 3 aliphatic rings. The number of likely N-dealkylation sites (N-methyl/N-ethyl adjacent to an activating group) is 3. The number of benzene rings is 3. The molecule has 2 unspecified atom stereocenters. The number of primary amides is 3. The Hall–Kier alpha value is -14.5. The molecule has 3 fully saturated rings. The summed E-state index contributed by atoms with van der Waals surface area (Å²) in [5.41, 5.74) is 19.4. The van der Waals surface area contributed by atoms with Crippen LogP contribution in [0.5, 0.6) is 5.75 Å². The van der Waals surface area contributed by atoms with Crippen molar-refractivity contribution in [2.75, 3.05) is 52.3 Å². The molecular formula is C89H118N22O23S. The number of carbonyl (C=O) groups is 20. The van der Waals surface area contributed by atoms with Gasteiger partial charge in [0.15, 0.2) is 0 Å². The van der Waals surface area contributed by atoms with E-state index in [-0.39, 0.29) is 95.2 Å². The van der Waals surface area contributed by atoms with Gasteiger partial charge in [0, 0.05) is 112 Å². The molecule has 46 heteroatoms. The first-order valence-electron chi connectivity index (χ1n) is 44.4. The second kappa shape index (κ2) is 49.3. The summed E-state index contributed by atoms with van der Waals surface area (Å²) in [6, 6.07) is -4.35. The number of hydrogen-bond donors (Lipinski definition) is 19. The lowest BCUT2D eigenvalue weighted by atomic mass is 9.99.